The van der Waals surface area contributed by atoms with Crippen LogP contribution < -0.4 is 10.1 Å². The van der Waals surface area contributed by atoms with Gasteiger partial charge in [-0.1, -0.05) is 36.4 Å². The second-order valence-corrected chi connectivity index (χ2v) is 7.64. The smallest absolute Gasteiger partial charge is 0.223 e. The van der Waals surface area contributed by atoms with Crippen LogP contribution >= 0.6 is 0 Å². The van der Waals surface area contributed by atoms with Crippen molar-refractivity contribution in [3.8, 4) is 5.75 Å². The van der Waals surface area contributed by atoms with Gasteiger partial charge in [-0.25, -0.2) is 0 Å². The van der Waals surface area contributed by atoms with E-state index in [1.54, 1.807) is 12.1 Å². The van der Waals surface area contributed by atoms with Gasteiger partial charge < -0.3 is 33.8 Å². The predicted octanol–water partition coefficient (Wildman–Crippen LogP) is 2.52. The summed E-state index contributed by atoms with van der Waals surface area (Å²) in [5, 5.41) is 15.8. The molecule has 0 saturated carbocycles. The minimum atomic E-state index is -1.08. The average Bonchev–Trinajstić information content (AvgIpc) is 3.31. The van der Waals surface area contributed by atoms with Crippen LogP contribution in [0.4, 0.5) is 0 Å². The SMILES string of the molecule is CC(=O)N[C@@H]1[C@@H](Oc2cccc3ccccc23)O[C@@H]2CO[C@H](c3ccco3)O[C@@H]2[C@@H]1O. The van der Waals surface area contributed by atoms with Crippen LogP contribution in [0.5, 0.6) is 5.75 Å². The number of rotatable bonds is 4. The highest BCUT2D eigenvalue weighted by atomic mass is 16.8. The van der Waals surface area contributed by atoms with E-state index in [0.717, 1.165) is 10.8 Å². The number of carbonyl (C=O) groups excluding carboxylic acids is 1. The van der Waals surface area contributed by atoms with E-state index in [1.165, 1.54) is 13.2 Å². The molecule has 0 unspecified atom stereocenters. The van der Waals surface area contributed by atoms with Crippen LogP contribution in [0, 0.1) is 0 Å². The third-order valence-corrected chi connectivity index (χ3v) is 5.50. The van der Waals surface area contributed by atoms with Crippen LogP contribution in [0.1, 0.15) is 19.0 Å². The standard InChI is InChI=1S/C23H23NO7/c1-13(25)24-19-20(26)21-18(12-28-22(31-21)17-10-5-11-27-17)30-23(19)29-16-9-4-7-14-6-2-3-8-15(14)16/h2-11,18-23,26H,12H2,1H3,(H,24,25)/t18-,19+,20-,21+,22+,23+/m1/s1. The van der Waals surface area contributed by atoms with Gasteiger partial charge in [-0.2, -0.15) is 0 Å². The highest BCUT2D eigenvalue weighted by molar-refractivity contribution is 5.88. The van der Waals surface area contributed by atoms with Gasteiger partial charge in [0.1, 0.15) is 30.1 Å². The molecule has 2 N–H and O–H groups in total. The largest absolute Gasteiger partial charge is 0.464 e. The van der Waals surface area contributed by atoms with Gasteiger partial charge in [-0.15, -0.1) is 0 Å². The first kappa shape index (κ1) is 20.0. The monoisotopic (exact) mass is 425 g/mol. The summed E-state index contributed by atoms with van der Waals surface area (Å²) in [4.78, 5) is 11.9. The van der Waals surface area contributed by atoms with Gasteiger partial charge in [0.2, 0.25) is 18.5 Å². The van der Waals surface area contributed by atoms with Crippen LogP contribution in [0.25, 0.3) is 10.8 Å². The van der Waals surface area contributed by atoms with Crippen LogP contribution in [-0.2, 0) is 19.0 Å². The number of carbonyl (C=O) groups is 1. The first-order valence-corrected chi connectivity index (χ1v) is 10.2. The normalized spacial score (nSPS) is 30.5. The lowest BCUT2D eigenvalue weighted by Crippen LogP contribution is -2.67. The van der Waals surface area contributed by atoms with Crippen molar-refractivity contribution in [2.24, 2.45) is 0 Å². The molecule has 2 saturated heterocycles. The fourth-order valence-electron chi connectivity index (χ4n) is 4.07. The molecule has 162 valence electrons. The summed E-state index contributed by atoms with van der Waals surface area (Å²) in [7, 11) is 0. The van der Waals surface area contributed by atoms with Crippen molar-refractivity contribution in [2.75, 3.05) is 6.61 Å². The van der Waals surface area contributed by atoms with Crippen LogP contribution in [0.2, 0.25) is 0 Å². The van der Waals surface area contributed by atoms with Crippen molar-refractivity contribution >= 4 is 16.7 Å². The second kappa shape index (κ2) is 8.32. The number of aliphatic hydroxyl groups is 1. The van der Waals surface area contributed by atoms with Gasteiger partial charge in [-0.3, -0.25) is 4.79 Å². The third kappa shape index (κ3) is 3.90. The summed E-state index contributed by atoms with van der Waals surface area (Å²) < 4.78 is 29.3. The average molecular weight is 425 g/mol. The highest BCUT2D eigenvalue weighted by Crippen LogP contribution is 2.36. The first-order chi connectivity index (χ1) is 15.1. The maximum Gasteiger partial charge on any atom is 0.223 e. The fraction of sp³-hybridized carbons (Fsp3) is 0.348. The van der Waals surface area contributed by atoms with Gasteiger partial charge in [0.05, 0.1) is 12.9 Å². The zero-order chi connectivity index (χ0) is 21.4. The number of hydrogen-bond acceptors (Lipinski definition) is 7. The molecule has 3 aromatic rings. The van der Waals surface area contributed by atoms with E-state index in [0.29, 0.717) is 11.5 Å². The minimum Gasteiger partial charge on any atom is -0.464 e. The van der Waals surface area contributed by atoms with Gasteiger partial charge in [0.15, 0.2) is 5.76 Å². The van der Waals surface area contributed by atoms with E-state index in [2.05, 4.69) is 5.32 Å². The molecule has 8 nitrogen and oxygen atoms in total. The Morgan fingerprint density at radius 1 is 1.10 bits per heavy atom. The maximum atomic E-state index is 11.9. The minimum absolute atomic E-state index is 0.176. The zero-order valence-corrected chi connectivity index (χ0v) is 16.8. The molecular formula is C23H23NO7. The molecule has 3 heterocycles. The lowest BCUT2D eigenvalue weighted by Gasteiger charge is -2.47. The number of aliphatic hydroxyl groups excluding tert-OH is 1. The van der Waals surface area contributed by atoms with Gasteiger partial charge in [0.25, 0.3) is 0 Å². The van der Waals surface area contributed by atoms with E-state index >= 15 is 0 Å². The lowest BCUT2D eigenvalue weighted by atomic mass is 9.95. The van der Waals surface area contributed by atoms with E-state index in [-0.39, 0.29) is 12.5 Å². The van der Waals surface area contributed by atoms with E-state index < -0.39 is 36.9 Å². The number of hydrogen-bond donors (Lipinski definition) is 2. The maximum absolute atomic E-state index is 11.9. The molecule has 8 heteroatoms. The van der Waals surface area contributed by atoms with Crippen molar-refractivity contribution < 1.29 is 33.3 Å². The molecule has 2 fully saturated rings. The van der Waals surface area contributed by atoms with Crippen LogP contribution in [0.15, 0.2) is 65.3 Å². The van der Waals surface area contributed by atoms with Gasteiger partial charge in [-0.05, 0) is 23.6 Å². The molecule has 0 spiro atoms. The summed E-state index contributed by atoms with van der Waals surface area (Å²) in [6.07, 6.45) is -2.56. The Kier molecular flexibility index (Phi) is 5.37. The Labute approximate surface area is 178 Å². The summed E-state index contributed by atoms with van der Waals surface area (Å²) in [5.74, 6) is 0.776. The molecule has 31 heavy (non-hydrogen) atoms. The lowest BCUT2D eigenvalue weighted by molar-refractivity contribution is -0.336. The molecule has 2 aliphatic heterocycles. The molecule has 0 aliphatic carbocycles. The Morgan fingerprint density at radius 3 is 2.74 bits per heavy atom. The Hall–Kier alpha value is -2.91. The van der Waals surface area contributed by atoms with Crippen LogP contribution in [0.3, 0.4) is 0 Å². The molecule has 0 radical (unpaired) electrons. The molecular weight excluding hydrogens is 402 g/mol. The molecule has 5 rings (SSSR count). The molecule has 2 aromatic carbocycles. The predicted molar refractivity (Wildman–Crippen MR) is 109 cm³/mol. The second-order valence-electron chi connectivity index (χ2n) is 7.64. The first-order valence-electron chi connectivity index (χ1n) is 10.2. The van der Waals surface area contributed by atoms with Crippen molar-refractivity contribution in [2.45, 2.75) is 43.9 Å². The van der Waals surface area contributed by atoms with Crippen molar-refractivity contribution in [1.82, 2.24) is 5.32 Å². The summed E-state index contributed by atoms with van der Waals surface area (Å²) >= 11 is 0. The zero-order valence-electron chi connectivity index (χ0n) is 16.8. The van der Waals surface area contributed by atoms with E-state index in [9.17, 15) is 9.90 Å². The Morgan fingerprint density at radius 2 is 1.94 bits per heavy atom. The van der Waals surface area contributed by atoms with Crippen molar-refractivity contribution in [3.05, 3.63) is 66.6 Å². The highest BCUT2D eigenvalue weighted by Gasteiger charge is 2.51. The summed E-state index contributed by atoms with van der Waals surface area (Å²) in [6, 6.07) is 16.1. The van der Waals surface area contributed by atoms with Gasteiger partial charge >= 0.3 is 0 Å². The number of amides is 1. The number of benzene rings is 2. The number of furan rings is 1. The molecule has 2 aliphatic rings. The summed E-state index contributed by atoms with van der Waals surface area (Å²) in [6.45, 7) is 1.56. The number of fused-ring (bicyclic) bond motifs is 2. The van der Waals surface area contributed by atoms with Crippen molar-refractivity contribution in [1.29, 1.82) is 0 Å². The van der Waals surface area contributed by atoms with E-state index in [4.69, 9.17) is 23.4 Å². The quantitative estimate of drug-likeness (QED) is 0.663. The Balaban J connectivity index is 1.41. The van der Waals surface area contributed by atoms with Crippen LogP contribution in [-0.4, -0.2) is 48.3 Å². The third-order valence-electron chi connectivity index (χ3n) is 5.50. The Bertz CT molecular complexity index is 1050. The van der Waals surface area contributed by atoms with Gasteiger partial charge in [0, 0.05) is 12.3 Å². The number of nitrogens with one attached hydrogen (secondary N) is 1. The molecule has 1 amide bonds. The van der Waals surface area contributed by atoms with Crippen molar-refractivity contribution in [3.63, 3.8) is 0 Å². The molecule has 0 bridgehead atoms. The fourth-order valence-corrected chi connectivity index (χ4v) is 4.07. The molecule has 1 aromatic heterocycles. The molecule has 6 atom stereocenters. The number of ether oxygens (including phenoxy) is 4. The summed E-state index contributed by atoms with van der Waals surface area (Å²) in [5.41, 5.74) is 0. The van der Waals surface area contributed by atoms with E-state index in [1.807, 2.05) is 42.5 Å². The topological polar surface area (TPSA) is 99.4 Å².